The van der Waals surface area contributed by atoms with Crippen LogP contribution in [0.4, 0.5) is 4.39 Å². The van der Waals surface area contributed by atoms with Crippen LogP contribution in [-0.2, 0) is 0 Å². The van der Waals surface area contributed by atoms with E-state index in [0.29, 0.717) is 0 Å². The zero-order valence-corrected chi connectivity index (χ0v) is 4.93. The Morgan fingerprint density at radius 3 is 2.70 bits per heavy atom. The van der Waals surface area contributed by atoms with Crippen LogP contribution in [0.1, 0.15) is 10.4 Å². The van der Waals surface area contributed by atoms with E-state index in [9.17, 15) is 14.0 Å². The lowest BCUT2D eigenvalue weighted by Gasteiger charge is -1.88. The molecule has 0 aliphatic carbocycles. The Bertz CT molecular complexity index is 305. The number of aromatic amines is 1. The Kier molecular flexibility index (Phi) is 1.62. The Morgan fingerprint density at radius 1 is 1.60 bits per heavy atom. The van der Waals surface area contributed by atoms with Gasteiger partial charge in [0.15, 0.2) is 6.29 Å². The van der Waals surface area contributed by atoms with E-state index in [1.165, 1.54) is 0 Å². The minimum absolute atomic E-state index is 0.189. The second kappa shape index (κ2) is 2.43. The first-order chi connectivity index (χ1) is 4.75. The largest absolute Gasteiger partial charge is 0.328 e. The molecule has 0 radical (unpaired) electrons. The monoisotopic (exact) mass is 141 g/mol. The molecular weight excluding hydrogens is 137 g/mol. The van der Waals surface area contributed by atoms with Crippen molar-refractivity contribution >= 4 is 6.29 Å². The van der Waals surface area contributed by atoms with Crippen molar-refractivity contribution in [3.63, 3.8) is 0 Å². The van der Waals surface area contributed by atoms with Crippen LogP contribution in [0.15, 0.2) is 17.1 Å². The van der Waals surface area contributed by atoms with E-state index in [0.717, 1.165) is 12.3 Å². The molecule has 1 N–H and O–H groups in total. The highest BCUT2D eigenvalue weighted by atomic mass is 19.1. The van der Waals surface area contributed by atoms with Crippen molar-refractivity contribution in [2.75, 3.05) is 0 Å². The number of aldehydes is 1. The first-order valence-electron chi connectivity index (χ1n) is 2.58. The van der Waals surface area contributed by atoms with Gasteiger partial charge in [-0.25, -0.2) is 4.39 Å². The van der Waals surface area contributed by atoms with E-state index in [2.05, 4.69) is 4.98 Å². The highest BCUT2D eigenvalue weighted by Crippen LogP contribution is 1.94. The second-order valence-electron chi connectivity index (χ2n) is 1.69. The van der Waals surface area contributed by atoms with E-state index in [4.69, 9.17) is 0 Å². The maximum Gasteiger partial charge on any atom is 0.261 e. The molecule has 0 atom stereocenters. The predicted octanol–water partition coefficient (Wildman–Crippen LogP) is 0.327. The molecular formula is C6H4FNO2. The van der Waals surface area contributed by atoms with Crippen molar-refractivity contribution in [2.45, 2.75) is 0 Å². The Hall–Kier alpha value is -1.45. The van der Waals surface area contributed by atoms with Gasteiger partial charge in [-0.15, -0.1) is 0 Å². The molecule has 1 rings (SSSR count). The van der Waals surface area contributed by atoms with Gasteiger partial charge in [-0.2, -0.15) is 0 Å². The third-order valence-electron chi connectivity index (χ3n) is 1.06. The van der Waals surface area contributed by atoms with Crippen LogP contribution in [-0.4, -0.2) is 11.3 Å². The van der Waals surface area contributed by atoms with Crippen LogP contribution in [0, 0.1) is 5.82 Å². The summed E-state index contributed by atoms with van der Waals surface area (Å²) in [5, 5.41) is 0. The average Bonchev–Trinajstić information content (AvgIpc) is 1.88. The van der Waals surface area contributed by atoms with Gasteiger partial charge < -0.3 is 4.98 Å². The Labute approximate surface area is 55.5 Å². The van der Waals surface area contributed by atoms with Crippen molar-refractivity contribution in [2.24, 2.45) is 0 Å². The van der Waals surface area contributed by atoms with Crippen LogP contribution in [0.3, 0.4) is 0 Å². The highest BCUT2D eigenvalue weighted by molar-refractivity contribution is 5.74. The van der Waals surface area contributed by atoms with Gasteiger partial charge in [0.2, 0.25) is 0 Å². The van der Waals surface area contributed by atoms with Crippen molar-refractivity contribution in [1.29, 1.82) is 0 Å². The maximum absolute atomic E-state index is 12.4. The standard InChI is InChI=1S/C6H4FNO2/c7-5-1-2-8-6(10)4(5)3-9/h1-3H,(H,8,10). The first kappa shape index (κ1) is 6.67. The summed E-state index contributed by atoms with van der Waals surface area (Å²) in [5.74, 6) is -0.793. The molecule has 0 amide bonds. The van der Waals surface area contributed by atoms with Crippen LogP contribution in [0.5, 0.6) is 0 Å². The number of H-pyrrole nitrogens is 1. The molecule has 0 fully saturated rings. The summed E-state index contributed by atoms with van der Waals surface area (Å²) < 4.78 is 12.4. The SMILES string of the molecule is O=Cc1c(F)cc[nH]c1=O. The lowest BCUT2D eigenvalue weighted by Crippen LogP contribution is -2.12. The van der Waals surface area contributed by atoms with Crippen LogP contribution < -0.4 is 5.56 Å². The van der Waals surface area contributed by atoms with Crippen molar-refractivity contribution in [3.8, 4) is 0 Å². The number of halogens is 1. The molecule has 10 heavy (non-hydrogen) atoms. The number of pyridine rings is 1. The van der Waals surface area contributed by atoms with Gasteiger partial charge in [-0.05, 0) is 6.07 Å². The quantitative estimate of drug-likeness (QED) is 0.573. The van der Waals surface area contributed by atoms with E-state index in [1.807, 2.05) is 0 Å². The molecule has 0 bridgehead atoms. The normalized spacial score (nSPS) is 9.30. The van der Waals surface area contributed by atoms with Crippen molar-refractivity contribution < 1.29 is 9.18 Å². The number of carbonyl (C=O) groups excluding carboxylic acids is 1. The summed E-state index contributed by atoms with van der Waals surface area (Å²) in [6.45, 7) is 0. The van der Waals surface area contributed by atoms with Gasteiger partial charge in [-0.1, -0.05) is 0 Å². The topological polar surface area (TPSA) is 49.9 Å². The number of hydrogen-bond acceptors (Lipinski definition) is 2. The molecule has 0 unspecified atom stereocenters. The summed E-state index contributed by atoms with van der Waals surface area (Å²) in [6.07, 6.45) is 1.33. The summed E-state index contributed by atoms with van der Waals surface area (Å²) in [7, 11) is 0. The summed E-state index contributed by atoms with van der Waals surface area (Å²) in [5.41, 5.74) is -1.16. The average molecular weight is 141 g/mol. The van der Waals surface area contributed by atoms with E-state index < -0.39 is 16.9 Å². The molecule has 0 spiro atoms. The fraction of sp³-hybridized carbons (Fsp3) is 0. The third kappa shape index (κ3) is 0.953. The molecule has 0 aromatic carbocycles. The van der Waals surface area contributed by atoms with Crippen molar-refractivity contribution in [1.82, 2.24) is 4.98 Å². The van der Waals surface area contributed by atoms with Gasteiger partial charge in [0.05, 0.1) is 0 Å². The van der Waals surface area contributed by atoms with Crippen molar-refractivity contribution in [3.05, 3.63) is 34.0 Å². The lowest BCUT2D eigenvalue weighted by atomic mass is 10.3. The number of carbonyl (C=O) groups is 1. The van der Waals surface area contributed by atoms with Crippen LogP contribution in [0.25, 0.3) is 0 Å². The molecule has 0 saturated carbocycles. The number of hydrogen-bond donors (Lipinski definition) is 1. The molecule has 4 heteroatoms. The Morgan fingerprint density at radius 2 is 2.30 bits per heavy atom. The molecule has 0 saturated heterocycles. The summed E-state index contributed by atoms with van der Waals surface area (Å²) >= 11 is 0. The smallest absolute Gasteiger partial charge is 0.261 e. The minimum Gasteiger partial charge on any atom is -0.328 e. The summed E-state index contributed by atoms with van der Waals surface area (Å²) in [4.78, 5) is 22.7. The predicted molar refractivity (Wildman–Crippen MR) is 32.4 cm³/mol. The van der Waals surface area contributed by atoms with Gasteiger partial charge in [0, 0.05) is 6.20 Å². The lowest BCUT2D eigenvalue weighted by molar-refractivity contribution is 0.111. The fourth-order valence-corrected chi connectivity index (χ4v) is 0.576. The summed E-state index contributed by atoms with van der Waals surface area (Å²) in [6, 6.07) is 1.02. The minimum atomic E-state index is -0.793. The molecule has 1 heterocycles. The number of aromatic nitrogens is 1. The zero-order valence-electron chi connectivity index (χ0n) is 4.93. The second-order valence-corrected chi connectivity index (χ2v) is 1.69. The third-order valence-corrected chi connectivity index (χ3v) is 1.06. The molecule has 3 nitrogen and oxygen atoms in total. The molecule has 52 valence electrons. The van der Waals surface area contributed by atoms with E-state index in [1.54, 1.807) is 0 Å². The van der Waals surface area contributed by atoms with Gasteiger partial charge in [0.1, 0.15) is 11.4 Å². The molecule has 0 aliphatic heterocycles. The number of rotatable bonds is 1. The molecule has 1 aromatic heterocycles. The van der Waals surface area contributed by atoms with Gasteiger partial charge in [0.25, 0.3) is 5.56 Å². The van der Waals surface area contributed by atoms with E-state index >= 15 is 0 Å². The highest BCUT2D eigenvalue weighted by Gasteiger charge is 2.02. The zero-order chi connectivity index (χ0) is 7.56. The van der Waals surface area contributed by atoms with Gasteiger partial charge in [-0.3, -0.25) is 9.59 Å². The Balaban J connectivity index is 3.45. The fourth-order valence-electron chi connectivity index (χ4n) is 0.576. The van der Waals surface area contributed by atoms with E-state index in [-0.39, 0.29) is 6.29 Å². The number of nitrogens with one attached hydrogen (secondary N) is 1. The van der Waals surface area contributed by atoms with Gasteiger partial charge >= 0.3 is 0 Å². The molecule has 1 aromatic rings. The maximum atomic E-state index is 12.4. The van der Waals surface area contributed by atoms with Crippen LogP contribution >= 0.6 is 0 Å². The first-order valence-corrected chi connectivity index (χ1v) is 2.58. The van der Waals surface area contributed by atoms with Crippen LogP contribution in [0.2, 0.25) is 0 Å². The molecule has 0 aliphatic rings.